The van der Waals surface area contributed by atoms with Crippen molar-refractivity contribution in [3.63, 3.8) is 0 Å². The zero-order valence-corrected chi connectivity index (χ0v) is 16.8. The Labute approximate surface area is 162 Å². The van der Waals surface area contributed by atoms with Gasteiger partial charge in [0.05, 0.1) is 23.6 Å². The predicted octanol–water partition coefficient (Wildman–Crippen LogP) is 1.52. The van der Waals surface area contributed by atoms with Crippen LogP contribution >= 0.6 is 0 Å². The molecule has 1 atom stereocenters. The Hall–Kier alpha value is -2.75. The number of aromatic nitrogens is 2. The third-order valence-electron chi connectivity index (χ3n) is 4.80. The minimum Gasteiger partial charge on any atom is -0.311 e. The number of nitrogens with zero attached hydrogens (tertiary/aromatic N) is 4. The number of amides is 2. The van der Waals surface area contributed by atoms with Crippen molar-refractivity contribution in [2.45, 2.75) is 20.3 Å². The lowest BCUT2D eigenvalue weighted by Crippen LogP contribution is -2.42. The number of anilines is 2. The van der Waals surface area contributed by atoms with Crippen molar-refractivity contribution in [2.75, 3.05) is 22.0 Å². The van der Waals surface area contributed by atoms with Gasteiger partial charge in [0.25, 0.3) is 0 Å². The van der Waals surface area contributed by atoms with Gasteiger partial charge in [0.15, 0.2) is 0 Å². The summed E-state index contributed by atoms with van der Waals surface area (Å²) in [5.74, 6) is -2.44. The number of hydrogen-bond acceptors (Lipinski definition) is 5. The maximum atomic E-state index is 13.5. The molecule has 3 rings (SSSR count). The topological polar surface area (TPSA) is 92.6 Å². The van der Waals surface area contributed by atoms with Gasteiger partial charge in [-0.25, -0.2) is 17.1 Å². The van der Waals surface area contributed by atoms with E-state index in [0.717, 1.165) is 10.6 Å². The highest BCUT2D eigenvalue weighted by Gasteiger charge is 2.41. The van der Waals surface area contributed by atoms with Crippen molar-refractivity contribution in [3.8, 4) is 0 Å². The molecule has 0 spiro atoms. The van der Waals surface area contributed by atoms with E-state index in [2.05, 4.69) is 5.10 Å². The maximum Gasteiger partial charge on any atom is 0.246 e. The molecule has 28 heavy (non-hydrogen) atoms. The van der Waals surface area contributed by atoms with Crippen LogP contribution in [-0.4, -0.2) is 42.8 Å². The second kappa shape index (κ2) is 7.01. The van der Waals surface area contributed by atoms with Gasteiger partial charge in [-0.3, -0.25) is 14.3 Å². The van der Waals surface area contributed by atoms with Crippen LogP contribution in [0.3, 0.4) is 0 Å². The van der Waals surface area contributed by atoms with E-state index < -0.39 is 27.7 Å². The van der Waals surface area contributed by atoms with Crippen molar-refractivity contribution in [1.82, 2.24) is 9.78 Å². The zero-order valence-electron chi connectivity index (χ0n) is 16.0. The Balaban J connectivity index is 1.96. The van der Waals surface area contributed by atoms with Crippen molar-refractivity contribution in [3.05, 3.63) is 41.5 Å². The molecular formula is C18H21FN4O4S. The number of carbonyl (C=O) groups excluding carboxylic acids is 2. The summed E-state index contributed by atoms with van der Waals surface area (Å²) in [7, 11) is -2.30. The molecule has 0 bridgehead atoms. The smallest absolute Gasteiger partial charge is 0.246 e. The second-order valence-corrected chi connectivity index (χ2v) is 8.73. The van der Waals surface area contributed by atoms with Gasteiger partial charge in [-0.15, -0.1) is 0 Å². The Morgan fingerprint density at radius 1 is 1.32 bits per heavy atom. The molecule has 10 heteroatoms. The first-order valence-electron chi connectivity index (χ1n) is 8.61. The van der Waals surface area contributed by atoms with Crippen LogP contribution in [0.1, 0.15) is 17.8 Å². The molecule has 2 heterocycles. The number of carbonyl (C=O) groups is 2. The van der Waals surface area contributed by atoms with Crippen molar-refractivity contribution in [1.29, 1.82) is 0 Å². The lowest BCUT2D eigenvalue weighted by Gasteiger charge is -2.24. The summed E-state index contributed by atoms with van der Waals surface area (Å²) in [6.07, 6.45) is 0.789. The summed E-state index contributed by atoms with van der Waals surface area (Å²) in [6, 6.07) is 5.50. The molecule has 2 aromatic rings. The molecule has 1 aromatic carbocycles. The number of benzene rings is 1. The van der Waals surface area contributed by atoms with E-state index in [4.69, 9.17) is 0 Å². The van der Waals surface area contributed by atoms with Gasteiger partial charge < -0.3 is 4.90 Å². The fourth-order valence-corrected chi connectivity index (χ4v) is 4.50. The van der Waals surface area contributed by atoms with Gasteiger partial charge in [-0.05, 0) is 32.0 Å². The van der Waals surface area contributed by atoms with Crippen LogP contribution < -0.4 is 9.21 Å². The molecule has 1 unspecified atom stereocenters. The summed E-state index contributed by atoms with van der Waals surface area (Å²) < 4.78 is 40.6. The summed E-state index contributed by atoms with van der Waals surface area (Å²) in [6.45, 7) is 3.26. The standard InChI is InChI=1S/C18H21FN4O4S/c1-11-17(12(2)21(3)20-11)23(28(4,26)27)18(25)13-8-16(24)22(10-13)15-7-5-6-14(19)9-15/h5-7,9,13H,8,10H2,1-4H3. The third kappa shape index (κ3) is 3.51. The minimum atomic E-state index is -3.95. The van der Waals surface area contributed by atoms with E-state index in [1.54, 1.807) is 27.0 Å². The highest BCUT2D eigenvalue weighted by Crippen LogP contribution is 2.32. The Morgan fingerprint density at radius 2 is 2.00 bits per heavy atom. The van der Waals surface area contributed by atoms with Crippen molar-refractivity contribution >= 4 is 33.2 Å². The molecule has 8 nitrogen and oxygen atoms in total. The lowest BCUT2D eigenvalue weighted by atomic mass is 10.1. The van der Waals surface area contributed by atoms with E-state index in [-0.39, 0.29) is 24.6 Å². The molecule has 1 aliphatic rings. The first-order valence-corrected chi connectivity index (χ1v) is 10.5. The molecule has 1 fully saturated rings. The van der Waals surface area contributed by atoms with Crippen LogP contribution in [0, 0.1) is 25.6 Å². The highest BCUT2D eigenvalue weighted by atomic mass is 32.2. The van der Waals surface area contributed by atoms with Crippen molar-refractivity contribution in [2.24, 2.45) is 13.0 Å². The zero-order chi connectivity index (χ0) is 20.8. The number of sulfonamides is 1. The van der Waals surface area contributed by atoms with Crippen LogP contribution in [-0.2, 0) is 26.7 Å². The summed E-state index contributed by atoms with van der Waals surface area (Å²) in [5, 5.41) is 4.18. The molecule has 150 valence electrons. The number of halogens is 1. The average Bonchev–Trinajstić information content (AvgIpc) is 3.09. The highest BCUT2D eigenvalue weighted by molar-refractivity contribution is 7.92. The van der Waals surface area contributed by atoms with Crippen LogP contribution in [0.2, 0.25) is 0 Å². The average molecular weight is 408 g/mol. The van der Waals surface area contributed by atoms with E-state index in [0.29, 0.717) is 17.1 Å². The molecule has 0 aliphatic carbocycles. The van der Waals surface area contributed by atoms with E-state index in [9.17, 15) is 22.4 Å². The van der Waals surface area contributed by atoms with Gasteiger partial charge in [0.2, 0.25) is 21.8 Å². The third-order valence-corrected chi connectivity index (χ3v) is 5.83. The SMILES string of the molecule is Cc1nn(C)c(C)c1N(C(=O)C1CC(=O)N(c2cccc(F)c2)C1)S(C)(=O)=O. The second-order valence-electron chi connectivity index (χ2n) is 6.89. The quantitative estimate of drug-likeness (QED) is 0.765. The van der Waals surface area contributed by atoms with Crippen molar-refractivity contribution < 1.29 is 22.4 Å². The molecule has 1 aromatic heterocycles. The number of aryl methyl sites for hydroxylation is 2. The molecular weight excluding hydrogens is 387 g/mol. The van der Waals surface area contributed by atoms with Gasteiger partial charge in [0, 0.05) is 25.7 Å². The molecule has 1 aliphatic heterocycles. The van der Waals surface area contributed by atoms with Crippen LogP contribution in [0.15, 0.2) is 24.3 Å². The van der Waals surface area contributed by atoms with Gasteiger partial charge in [0.1, 0.15) is 11.5 Å². The van der Waals surface area contributed by atoms with E-state index in [1.165, 1.54) is 27.8 Å². The Morgan fingerprint density at radius 3 is 2.54 bits per heavy atom. The largest absolute Gasteiger partial charge is 0.311 e. The van der Waals surface area contributed by atoms with Gasteiger partial charge in [-0.2, -0.15) is 5.10 Å². The summed E-state index contributed by atoms with van der Waals surface area (Å²) >= 11 is 0. The van der Waals surface area contributed by atoms with Crippen LogP contribution in [0.25, 0.3) is 0 Å². The fraction of sp³-hybridized carbons (Fsp3) is 0.389. The minimum absolute atomic E-state index is 0.0223. The van der Waals surface area contributed by atoms with Crippen LogP contribution in [0.5, 0.6) is 0 Å². The van der Waals surface area contributed by atoms with Gasteiger partial charge in [-0.1, -0.05) is 6.07 Å². The Bertz CT molecular complexity index is 1060. The van der Waals surface area contributed by atoms with E-state index in [1.807, 2.05) is 0 Å². The maximum absolute atomic E-state index is 13.5. The molecule has 0 radical (unpaired) electrons. The Kier molecular flexibility index (Phi) is 5.00. The normalized spacial score (nSPS) is 17.2. The summed E-state index contributed by atoms with van der Waals surface area (Å²) in [5.41, 5.74) is 1.44. The molecule has 1 saturated heterocycles. The van der Waals surface area contributed by atoms with Crippen LogP contribution in [0.4, 0.5) is 15.8 Å². The number of rotatable bonds is 4. The fourth-order valence-electron chi connectivity index (χ4n) is 3.43. The molecule has 0 saturated carbocycles. The number of hydrogen-bond donors (Lipinski definition) is 0. The first kappa shape index (κ1) is 20.0. The monoisotopic (exact) mass is 408 g/mol. The molecule has 0 N–H and O–H groups in total. The summed E-state index contributed by atoms with van der Waals surface area (Å²) in [4.78, 5) is 26.9. The van der Waals surface area contributed by atoms with E-state index >= 15 is 0 Å². The lowest BCUT2D eigenvalue weighted by molar-refractivity contribution is -0.123. The predicted molar refractivity (Wildman–Crippen MR) is 102 cm³/mol. The molecule has 2 amide bonds. The van der Waals surface area contributed by atoms with Gasteiger partial charge >= 0.3 is 0 Å². The first-order chi connectivity index (χ1) is 13.0.